The van der Waals surface area contributed by atoms with E-state index in [2.05, 4.69) is 63.8 Å². The van der Waals surface area contributed by atoms with E-state index in [-0.39, 0.29) is 0 Å². The summed E-state index contributed by atoms with van der Waals surface area (Å²) in [6.45, 7) is 5.99. The molecule has 116 valence electrons. The summed E-state index contributed by atoms with van der Waals surface area (Å²) in [7, 11) is 0. The average molecular weight is 339 g/mol. The monoisotopic (exact) mass is 339 g/mol. The molecule has 1 aromatic carbocycles. The molecule has 23 heavy (non-hydrogen) atoms. The highest BCUT2D eigenvalue weighted by Crippen LogP contribution is 2.34. The fourth-order valence-electron chi connectivity index (χ4n) is 2.18. The molecule has 3 nitrogen and oxygen atoms in total. The zero-order valence-electron chi connectivity index (χ0n) is 13.0. The molecule has 0 bridgehead atoms. The van der Waals surface area contributed by atoms with Crippen LogP contribution in [0, 0.1) is 6.92 Å². The summed E-state index contributed by atoms with van der Waals surface area (Å²) in [5, 5.41) is 5.50. The lowest BCUT2D eigenvalue weighted by Gasteiger charge is -2.14. The van der Waals surface area contributed by atoms with Gasteiger partial charge < -0.3 is 5.32 Å². The third-order valence-electron chi connectivity index (χ3n) is 3.42. The number of anilines is 1. The molecule has 0 aliphatic heterocycles. The molecule has 0 saturated heterocycles. The number of nitrogens with one attached hydrogen (secondary N) is 1. The van der Waals surface area contributed by atoms with Crippen molar-refractivity contribution in [2.24, 2.45) is 0 Å². The Morgan fingerprint density at radius 2 is 2.00 bits per heavy atom. The van der Waals surface area contributed by atoms with Gasteiger partial charge in [0, 0.05) is 33.4 Å². The highest BCUT2D eigenvalue weighted by atomic mass is 32.2. The minimum Gasteiger partial charge on any atom is -0.354 e. The Balaban J connectivity index is 1.90. The summed E-state index contributed by atoms with van der Waals surface area (Å²) in [5.74, 6) is 0.756. The molecule has 5 heteroatoms. The second-order valence-electron chi connectivity index (χ2n) is 5.01. The first-order valence-electron chi connectivity index (χ1n) is 7.14. The molecule has 0 unspecified atom stereocenters. The number of aromatic nitrogens is 2. The van der Waals surface area contributed by atoms with Gasteiger partial charge in [-0.3, -0.25) is 0 Å². The predicted octanol–water partition coefficient (Wildman–Crippen LogP) is 5.32. The van der Waals surface area contributed by atoms with Gasteiger partial charge >= 0.3 is 0 Å². The van der Waals surface area contributed by atoms with E-state index in [1.54, 1.807) is 35.5 Å². The largest absolute Gasteiger partial charge is 0.354 e. The molecule has 0 fully saturated rings. The average Bonchev–Trinajstić information content (AvgIpc) is 3.10. The van der Waals surface area contributed by atoms with Crippen molar-refractivity contribution >= 4 is 34.5 Å². The van der Waals surface area contributed by atoms with Crippen LogP contribution in [0.1, 0.15) is 11.4 Å². The van der Waals surface area contributed by atoms with Crippen LogP contribution in [-0.4, -0.2) is 16.2 Å². The molecule has 0 radical (unpaired) electrons. The van der Waals surface area contributed by atoms with Gasteiger partial charge in [-0.15, -0.1) is 23.1 Å². The second kappa shape index (κ2) is 6.98. The Morgan fingerprint density at radius 1 is 1.22 bits per heavy atom. The number of aryl methyl sites for hydroxylation is 1. The zero-order valence-corrected chi connectivity index (χ0v) is 14.7. The van der Waals surface area contributed by atoms with Crippen LogP contribution >= 0.6 is 23.1 Å². The quantitative estimate of drug-likeness (QED) is 0.639. The van der Waals surface area contributed by atoms with Crippen LogP contribution in [-0.2, 0) is 0 Å². The molecule has 3 aromatic rings. The van der Waals surface area contributed by atoms with Crippen molar-refractivity contribution < 1.29 is 0 Å². The third-order valence-corrected chi connectivity index (χ3v) is 5.13. The van der Waals surface area contributed by atoms with Crippen LogP contribution in [0.2, 0.25) is 0 Å². The molecule has 3 rings (SSSR count). The lowest BCUT2D eigenvalue weighted by atomic mass is 10.1. The van der Waals surface area contributed by atoms with Crippen molar-refractivity contribution in [3.8, 4) is 10.4 Å². The van der Waals surface area contributed by atoms with Crippen molar-refractivity contribution in [2.45, 2.75) is 11.8 Å². The Bertz CT molecular complexity index is 809. The molecule has 0 aliphatic carbocycles. The summed E-state index contributed by atoms with van der Waals surface area (Å²) in [6, 6.07) is 10.7. The van der Waals surface area contributed by atoms with Gasteiger partial charge in [-0.2, -0.15) is 0 Å². The highest BCUT2D eigenvalue weighted by Gasteiger charge is 2.08. The summed E-state index contributed by atoms with van der Waals surface area (Å²) in [5.41, 5.74) is 3.94. The fourth-order valence-corrected chi connectivity index (χ4v) is 3.44. The van der Waals surface area contributed by atoms with E-state index in [1.165, 1.54) is 15.3 Å². The van der Waals surface area contributed by atoms with E-state index in [0.29, 0.717) is 0 Å². The Kier molecular flexibility index (Phi) is 4.79. The fraction of sp³-hybridized carbons (Fsp3) is 0.111. The number of thiophene rings is 1. The van der Waals surface area contributed by atoms with Gasteiger partial charge in [0.1, 0.15) is 5.82 Å². The SMILES string of the molecule is C=C(Nc1cc(-c2cccs2)ccc1SC)c1cnc(C)nc1. The van der Waals surface area contributed by atoms with Gasteiger partial charge in [0.2, 0.25) is 0 Å². The molecule has 0 atom stereocenters. The van der Waals surface area contributed by atoms with Crippen LogP contribution in [0.25, 0.3) is 16.1 Å². The number of hydrogen-bond donors (Lipinski definition) is 1. The van der Waals surface area contributed by atoms with E-state index in [9.17, 15) is 0 Å². The maximum atomic E-state index is 4.23. The van der Waals surface area contributed by atoms with E-state index in [4.69, 9.17) is 0 Å². The Labute approximate surface area is 144 Å². The molecule has 2 heterocycles. The molecule has 2 aromatic heterocycles. The topological polar surface area (TPSA) is 37.8 Å². The van der Waals surface area contributed by atoms with E-state index >= 15 is 0 Å². The summed E-state index contributed by atoms with van der Waals surface area (Å²) >= 11 is 3.45. The molecule has 0 spiro atoms. The van der Waals surface area contributed by atoms with Gasteiger partial charge in [-0.05, 0) is 42.3 Å². The second-order valence-corrected chi connectivity index (χ2v) is 6.81. The van der Waals surface area contributed by atoms with Gasteiger partial charge in [0.05, 0.1) is 5.69 Å². The summed E-state index contributed by atoms with van der Waals surface area (Å²) < 4.78 is 0. The molecule has 0 saturated carbocycles. The Hall–Kier alpha value is -2.11. The van der Waals surface area contributed by atoms with Crippen LogP contribution in [0.15, 0.2) is 59.6 Å². The highest BCUT2D eigenvalue weighted by molar-refractivity contribution is 7.98. The zero-order chi connectivity index (χ0) is 16.2. The van der Waals surface area contributed by atoms with Crippen molar-refractivity contribution in [3.05, 3.63) is 66.1 Å². The first-order chi connectivity index (χ1) is 11.2. The number of thioether (sulfide) groups is 1. The van der Waals surface area contributed by atoms with Crippen LogP contribution < -0.4 is 5.32 Å². The standard InChI is InChI=1S/C18H17N3S2/c1-12(15-10-19-13(2)20-11-15)21-16-9-14(6-7-18(16)22-3)17-5-4-8-23-17/h4-11,21H,1H2,2-3H3. The lowest BCUT2D eigenvalue weighted by Crippen LogP contribution is -2.01. The third kappa shape index (κ3) is 3.63. The minimum absolute atomic E-state index is 0.756. The van der Waals surface area contributed by atoms with E-state index in [0.717, 1.165) is 22.8 Å². The van der Waals surface area contributed by atoms with Crippen molar-refractivity contribution in [1.29, 1.82) is 0 Å². The van der Waals surface area contributed by atoms with Crippen molar-refractivity contribution in [1.82, 2.24) is 9.97 Å². The first-order valence-corrected chi connectivity index (χ1v) is 9.24. The molecule has 0 amide bonds. The maximum absolute atomic E-state index is 4.23. The number of benzene rings is 1. The van der Waals surface area contributed by atoms with Crippen molar-refractivity contribution in [3.63, 3.8) is 0 Å². The van der Waals surface area contributed by atoms with Crippen LogP contribution in [0.4, 0.5) is 5.69 Å². The maximum Gasteiger partial charge on any atom is 0.125 e. The van der Waals surface area contributed by atoms with Crippen molar-refractivity contribution in [2.75, 3.05) is 11.6 Å². The first kappa shape index (κ1) is 15.8. The van der Waals surface area contributed by atoms with Gasteiger partial charge in [-0.25, -0.2) is 9.97 Å². The van der Waals surface area contributed by atoms with Crippen LogP contribution in [0.3, 0.4) is 0 Å². The van der Waals surface area contributed by atoms with Gasteiger partial charge in [-0.1, -0.05) is 18.7 Å². The van der Waals surface area contributed by atoms with Gasteiger partial charge in [0.15, 0.2) is 0 Å². The van der Waals surface area contributed by atoms with Crippen LogP contribution in [0.5, 0.6) is 0 Å². The van der Waals surface area contributed by atoms with E-state index in [1.807, 2.05) is 6.92 Å². The molecular formula is C18H17N3S2. The molecule has 1 N–H and O–H groups in total. The number of nitrogens with zero attached hydrogens (tertiary/aromatic N) is 2. The predicted molar refractivity (Wildman–Crippen MR) is 101 cm³/mol. The lowest BCUT2D eigenvalue weighted by molar-refractivity contribution is 1.04. The number of hydrogen-bond acceptors (Lipinski definition) is 5. The Morgan fingerprint density at radius 3 is 2.65 bits per heavy atom. The minimum atomic E-state index is 0.756. The van der Waals surface area contributed by atoms with Gasteiger partial charge in [0.25, 0.3) is 0 Å². The van der Waals surface area contributed by atoms with E-state index < -0.39 is 0 Å². The smallest absolute Gasteiger partial charge is 0.125 e. The molecule has 0 aliphatic rings. The summed E-state index contributed by atoms with van der Waals surface area (Å²) in [4.78, 5) is 10.9. The molecular weight excluding hydrogens is 322 g/mol. The normalized spacial score (nSPS) is 10.5. The number of rotatable bonds is 5. The summed E-state index contributed by atoms with van der Waals surface area (Å²) in [6.07, 6.45) is 5.65.